The zero-order valence-electron chi connectivity index (χ0n) is 12.7. The average Bonchev–Trinajstić information content (AvgIpc) is 2.33. The molecule has 2 nitrogen and oxygen atoms in total. The second kappa shape index (κ2) is 4.96. The van der Waals surface area contributed by atoms with Gasteiger partial charge in [-0.15, -0.1) is 0 Å². The standard InChI is InChI=1S/C17H28O2/c1-5-7-13-12(2)8-9-14-16(13,3)10-6-11-17(14,4)15(18)19/h13-14H,2,5-11H2,1,3-4H3,(H,18,19)/t13-,14?,16+,17+/m1/s1. The molecule has 2 saturated carbocycles. The second-order valence-electron chi connectivity index (χ2n) is 7.17. The summed E-state index contributed by atoms with van der Waals surface area (Å²) >= 11 is 0. The van der Waals surface area contributed by atoms with Crippen LogP contribution in [0.2, 0.25) is 0 Å². The molecule has 2 fully saturated rings. The molecule has 1 N–H and O–H groups in total. The van der Waals surface area contributed by atoms with Crippen molar-refractivity contribution in [3.8, 4) is 0 Å². The van der Waals surface area contributed by atoms with E-state index in [0.29, 0.717) is 11.8 Å². The Bertz CT molecular complexity index is 387. The lowest BCUT2D eigenvalue weighted by molar-refractivity contribution is -0.164. The summed E-state index contributed by atoms with van der Waals surface area (Å²) in [5.41, 5.74) is 0.992. The first-order valence-electron chi connectivity index (χ1n) is 7.77. The first-order valence-corrected chi connectivity index (χ1v) is 7.77. The molecule has 2 heteroatoms. The Morgan fingerprint density at radius 3 is 2.68 bits per heavy atom. The summed E-state index contributed by atoms with van der Waals surface area (Å²) in [6, 6.07) is 0. The van der Waals surface area contributed by atoms with Crippen LogP contribution in [-0.4, -0.2) is 11.1 Å². The van der Waals surface area contributed by atoms with Crippen LogP contribution < -0.4 is 0 Å². The molecule has 2 aliphatic rings. The molecule has 0 aromatic carbocycles. The van der Waals surface area contributed by atoms with Crippen molar-refractivity contribution < 1.29 is 9.90 Å². The zero-order valence-corrected chi connectivity index (χ0v) is 12.7. The molecule has 0 aromatic rings. The number of rotatable bonds is 3. The summed E-state index contributed by atoms with van der Waals surface area (Å²) in [6.45, 7) is 10.8. The van der Waals surface area contributed by atoms with Gasteiger partial charge in [0.25, 0.3) is 0 Å². The van der Waals surface area contributed by atoms with E-state index >= 15 is 0 Å². The molecule has 0 saturated heterocycles. The second-order valence-corrected chi connectivity index (χ2v) is 7.17. The Morgan fingerprint density at radius 1 is 1.42 bits per heavy atom. The molecule has 19 heavy (non-hydrogen) atoms. The van der Waals surface area contributed by atoms with Gasteiger partial charge in [-0.25, -0.2) is 0 Å². The number of carboxylic acids is 1. The van der Waals surface area contributed by atoms with Crippen LogP contribution in [0.1, 0.15) is 65.7 Å². The fourth-order valence-corrected chi connectivity index (χ4v) is 5.03. The van der Waals surface area contributed by atoms with Gasteiger partial charge in [0.15, 0.2) is 0 Å². The average molecular weight is 264 g/mol. The van der Waals surface area contributed by atoms with E-state index in [4.69, 9.17) is 0 Å². The minimum Gasteiger partial charge on any atom is -0.481 e. The number of fused-ring (bicyclic) bond motifs is 1. The number of carbonyl (C=O) groups is 1. The van der Waals surface area contributed by atoms with Gasteiger partial charge in [0, 0.05) is 0 Å². The van der Waals surface area contributed by atoms with E-state index in [2.05, 4.69) is 20.4 Å². The molecule has 4 atom stereocenters. The minimum absolute atomic E-state index is 0.150. The highest BCUT2D eigenvalue weighted by molar-refractivity contribution is 5.75. The molecule has 0 radical (unpaired) electrons. The van der Waals surface area contributed by atoms with Gasteiger partial charge >= 0.3 is 5.97 Å². The molecule has 2 rings (SSSR count). The van der Waals surface area contributed by atoms with Gasteiger partial charge < -0.3 is 5.11 Å². The van der Waals surface area contributed by atoms with E-state index in [0.717, 1.165) is 32.1 Å². The Morgan fingerprint density at radius 2 is 2.11 bits per heavy atom. The van der Waals surface area contributed by atoms with Crippen molar-refractivity contribution in [2.45, 2.75) is 65.7 Å². The van der Waals surface area contributed by atoms with Crippen molar-refractivity contribution in [2.75, 3.05) is 0 Å². The normalized spacial score (nSPS) is 42.8. The lowest BCUT2D eigenvalue weighted by Crippen LogP contribution is -2.53. The fraction of sp³-hybridized carbons (Fsp3) is 0.824. The van der Waals surface area contributed by atoms with Gasteiger partial charge in [0.05, 0.1) is 5.41 Å². The van der Waals surface area contributed by atoms with E-state index in [-0.39, 0.29) is 5.41 Å². The predicted octanol–water partition coefficient (Wildman–Crippen LogP) is 4.65. The first-order chi connectivity index (χ1) is 8.86. The molecule has 0 aromatic heterocycles. The predicted molar refractivity (Wildman–Crippen MR) is 78.0 cm³/mol. The summed E-state index contributed by atoms with van der Waals surface area (Å²) in [4.78, 5) is 11.8. The summed E-state index contributed by atoms with van der Waals surface area (Å²) in [7, 11) is 0. The molecular weight excluding hydrogens is 236 g/mol. The number of hydrogen-bond donors (Lipinski definition) is 1. The Labute approximate surface area is 117 Å². The maximum absolute atomic E-state index is 11.8. The van der Waals surface area contributed by atoms with E-state index in [1.165, 1.54) is 18.4 Å². The van der Waals surface area contributed by atoms with Gasteiger partial charge in [-0.1, -0.05) is 38.8 Å². The molecule has 0 bridgehead atoms. The van der Waals surface area contributed by atoms with Gasteiger partial charge in [-0.05, 0) is 56.3 Å². The maximum atomic E-state index is 11.8. The minimum atomic E-state index is -0.591. The summed E-state index contributed by atoms with van der Waals surface area (Å²) in [5.74, 6) is 0.245. The van der Waals surface area contributed by atoms with Crippen molar-refractivity contribution in [3.63, 3.8) is 0 Å². The molecule has 2 aliphatic carbocycles. The SMILES string of the molecule is C=C1CCC2[C@@](C)(C(=O)O)CCC[C@@]2(C)[C@@H]1CCC. The third kappa shape index (κ3) is 2.13. The van der Waals surface area contributed by atoms with Crippen LogP contribution in [0, 0.1) is 22.7 Å². The Kier molecular flexibility index (Phi) is 3.81. The smallest absolute Gasteiger partial charge is 0.309 e. The highest BCUT2D eigenvalue weighted by Crippen LogP contribution is 2.61. The van der Waals surface area contributed by atoms with Crippen molar-refractivity contribution in [2.24, 2.45) is 22.7 Å². The first kappa shape index (κ1) is 14.6. The summed E-state index contributed by atoms with van der Waals surface area (Å²) in [6.07, 6.45) is 7.42. The molecular formula is C17H28O2. The number of carboxylic acid groups (broad SMARTS) is 1. The van der Waals surface area contributed by atoms with Crippen molar-refractivity contribution in [3.05, 3.63) is 12.2 Å². The third-order valence-corrected chi connectivity index (χ3v) is 6.09. The van der Waals surface area contributed by atoms with Crippen LogP contribution in [-0.2, 0) is 4.79 Å². The van der Waals surface area contributed by atoms with Crippen molar-refractivity contribution in [1.29, 1.82) is 0 Å². The molecule has 108 valence electrons. The molecule has 1 unspecified atom stereocenters. The van der Waals surface area contributed by atoms with E-state index in [9.17, 15) is 9.90 Å². The molecule has 0 amide bonds. The lowest BCUT2D eigenvalue weighted by Gasteiger charge is -2.57. The van der Waals surface area contributed by atoms with Gasteiger partial charge in [0.1, 0.15) is 0 Å². The van der Waals surface area contributed by atoms with Crippen molar-refractivity contribution >= 4 is 5.97 Å². The third-order valence-electron chi connectivity index (χ3n) is 6.09. The largest absolute Gasteiger partial charge is 0.481 e. The number of aliphatic carboxylic acids is 1. The quantitative estimate of drug-likeness (QED) is 0.753. The van der Waals surface area contributed by atoms with Crippen LogP contribution in [0.3, 0.4) is 0 Å². The van der Waals surface area contributed by atoms with Gasteiger partial charge in [0.2, 0.25) is 0 Å². The molecule has 0 aliphatic heterocycles. The van der Waals surface area contributed by atoms with Crippen LogP contribution in [0.5, 0.6) is 0 Å². The van der Waals surface area contributed by atoms with Crippen molar-refractivity contribution in [1.82, 2.24) is 0 Å². The topological polar surface area (TPSA) is 37.3 Å². The number of hydrogen-bond acceptors (Lipinski definition) is 1. The van der Waals surface area contributed by atoms with E-state index in [1.54, 1.807) is 0 Å². The summed E-state index contributed by atoms with van der Waals surface area (Å²) in [5, 5.41) is 9.71. The fourth-order valence-electron chi connectivity index (χ4n) is 5.03. The van der Waals surface area contributed by atoms with E-state index in [1.807, 2.05) is 6.92 Å². The van der Waals surface area contributed by atoms with Crippen LogP contribution >= 0.6 is 0 Å². The molecule has 0 spiro atoms. The van der Waals surface area contributed by atoms with Gasteiger partial charge in [-0.2, -0.15) is 0 Å². The molecule has 0 heterocycles. The zero-order chi connectivity index (χ0) is 14.3. The van der Waals surface area contributed by atoms with Gasteiger partial charge in [-0.3, -0.25) is 4.79 Å². The van der Waals surface area contributed by atoms with Crippen LogP contribution in [0.25, 0.3) is 0 Å². The lowest BCUT2D eigenvalue weighted by atomic mass is 9.46. The van der Waals surface area contributed by atoms with Crippen LogP contribution in [0.4, 0.5) is 0 Å². The van der Waals surface area contributed by atoms with E-state index < -0.39 is 11.4 Å². The highest BCUT2D eigenvalue weighted by atomic mass is 16.4. The highest BCUT2D eigenvalue weighted by Gasteiger charge is 2.57. The number of allylic oxidation sites excluding steroid dienone is 1. The van der Waals surface area contributed by atoms with Crippen LogP contribution in [0.15, 0.2) is 12.2 Å². The maximum Gasteiger partial charge on any atom is 0.309 e. The monoisotopic (exact) mass is 264 g/mol. The Balaban J connectivity index is 2.38. The Hall–Kier alpha value is -0.790. The summed E-state index contributed by atoms with van der Waals surface area (Å²) < 4.78 is 0.